The number of fused-ring (bicyclic) bond motifs is 1. The maximum atomic E-state index is 12.5. The molecular formula is C20H22N2O2S. The number of aromatic nitrogens is 1. The van der Waals surface area contributed by atoms with Gasteiger partial charge in [-0.2, -0.15) is 4.99 Å². The molecule has 0 bridgehead atoms. The molecule has 0 radical (unpaired) electrons. The summed E-state index contributed by atoms with van der Waals surface area (Å²) in [5, 5.41) is 0. The van der Waals surface area contributed by atoms with Gasteiger partial charge in [0.05, 0.1) is 23.7 Å². The largest absolute Gasteiger partial charge is 0.496 e. The van der Waals surface area contributed by atoms with E-state index in [9.17, 15) is 4.79 Å². The molecule has 5 heteroatoms. The Morgan fingerprint density at radius 3 is 2.64 bits per heavy atom. The maximum Gasteiger partial charge on any atom is 0.252 e. The van der Waals surface area contributed by atoms with Crippen molar-refractivity contribution in [1.82, 2.24) is 4.57 Å². The van der Waals surface area contributed by atoms with Gasteiger partial charge in [-0.15, -0.1) is 0 Å². The number of hydrogen-bond donors (Lipinski definition) is 0. The number of carbonyl (C=O) groups excluding carboxylic acids is 1. The van der Waals surface area contributed by atoms with Crippen molar-refractivity contribution in [3.8, 4) is 5.75 Å². The first kappa shape index (κ1) is 17.4. The highest BCUT2D eigenvalue weighted by molar-refractivity contribution is 7.16. The van der Waals surface area contributed by atoms with Crippen molar-refractivity contribution >= 4 is 27.5 Å². The summed E-state index contributed by atoms with van der Waals surface area (Å²) in [5.41, 5.74) is 5.52. The zero-order valence-electron chi connectivity index (χ0n) is 15.2. The summed E-state index contributed by atoms with van der Waals surface area (Å²) in [7, 11) is 3.58. The van der Waals surface area contributed by atoms with Gasteiger partial charge in [0, 0.05) is 12.6 Å². The van der Waals surface area contributed by atoms with E-state index in [1.807, 2.05) is 36.7 Å². The summed E-state index contributed by atoms with van der Waals surface area (Å²) in [5.74, 6) is 0.557. The summed E-state index contributed by atoms with van der Waals surface area (Å²) < 4.78 is 8.51. The Bertz CT molecular complexity index is 1030. The molecule has 0 spiro atoms. The van der Waals surface area contributed by atoms with E-state index >= 15 is 0 Å². The molecule has 0 saturated carbocycles. The van der Waals surface area contributed by atoms with Crippen LogP contribution in [0.4, 0.5) is 0 Å². The molecular weight excluding hydrogens is 332 g/mol. The average molecular weight is 354 g/mol. The first-order valence-electron chi connectivity index (χ1n) is 8.17. The van der Waals surface area contributed by atoms with Crippen molar-refractivity contribution in [1.29, 1.82) is 0 Å². The molecule has 3 aromatic rings. The molecule has 1 aromatic heterocycles. The van der Waals surface area contributed by atoms with E-state index in [4.69, 9.17) is 4.74 Å². The SMILES string of the molecule is COc1ccc(C)cc1CC(=O)N=c1sc2cc(C)cc(C)c2n1C. The summed E-state index contributed by atoms with van der Waals surface area (Å²) in [6.07, 6.45) is 0.233. The van der Waals surface area contributed by atoms with Crippen LogP contribution in [0.1, 0.15) is 22.3 Å². The molecule has 0 fully saturated rings. The van der Waals surface area contributed by atoms with Crippen molar-refractivity contribution in [2.24, 2.45) is 12.0 Å². The first-order valence-corrected chi connectivity index (χ1v) is 8.98. The lowest BCUT2D eigenvalue weighted by molar-refractivity contribution is -0.117. The van der Waals surface area contributed by atoms with Crippen LogP contribution in [0.25, 0.3) is 10.2 Å². The third-order valence-electron chi connectivity index (χ3n) is 4.23. The molecule has 0 N–H and O–H groups in total. The summed E-state index contributed by atoms with van der Waals surface area (Å²) in [6, 6.07) is 10.1. The van der Waals surface area contributed by atoms with E-state index in [1.165, 1.54) is 11.1 Å². The normalized spacial score (nSPS) is 12.0. The van der Waals surface area contributed by atoms with Crippen LogP contribution in [0.3, 0.4) is 0 Å². The minimum absolute atomic E-state index is 0.166. The summed E-state index contributed by atoms with van der Waals surface area (Å²) in [6.45, 7) is 6.17. The Morgan fingerprint density at radius 2 is 1.92 bits per heavy atom. The number of thiazole rings is 1. The van der Waals surface area contributed by atoms with Gasteiger partial charge in [-0.1, -0.05) is 35.1 Å². The van der Waals surface area contributed by atoms with E-state index in [-0.39, 0.29) is 12.3 Å². The van der Waals surface area contributed by atoms with E-state index in [0.717, 1.165) is 31.9 Å². The smallest absolute Gasteiger partial charge is 0.252 e. The van der Waals surface area contributed by atoms with Gasteiger partial charge in [-0.3, -0.25) is 4.79 Å². The fraction of sp³-hybridized carbons (Fsp3) is 0.300. The molecule has 3 rings (SSSR count). The van der Waals surface area contributed by atoms with Crippen LogP contribution in [-0.2, 0) is 18.3 Å². The Morgan fingerprint density at radius 1 is 1.16 bits per heavy atom. The van der Waals surface area contributed by atoms with E-state index < -0.39 is 0 Å². The Balaban J connectivity index is 2.00. The molecule has 0 aliphatic carbocycles. The molecule has 0 saturated heterocycles. The highest BCUT2D eigenvalue weighted by Crippen LogP contribution is 2.23. The predicted octanol–water partition coefficient (Wildman–Crippen LogP) is 3.84. The van der Waals surface area contributed by atoms with Gasteiger partial charge in [-0.25, -0.2) is 0 Å². The van der Waals surface area contributed by atoms with Crippen LogP contribution in [0.15, 0.2) is 35.3 Å². The van der Waals surface area contributed by atoms with Gasteiger partial charge in [0.1, 0.15) is 5.75 Å². The maximum absolute atomic E-state index is 12.5. The van der Waals surface area contributed by atoms with Gasteiger partial charge in [0.2, 0.25) is 0 Å². The molecule has 25 heavy (non-hydrogen) atoms. The zero-order chi connectivity index (χ0) is 18.1. The van der Waals surface area contributed by atoms with E-state index in [0.29, 0.717) is 0 Å². The van der Waals surface area contributed by atoms with Crippen molar-refractivity contribution in [3.63, 3.8) is 0 Å². The lowest BCUT2D eigenvalue weighted by atomic mass is 10.1. The van der Waals surface area contributed by atoms with Gasteiger partial charge in [-0.05, 0) is 44.0 Å². The minimum atomic E-state index is -0.166. The fourth-order valence-corrected chi connectivity index (χ4v) is 4.36. The van der Waals surface area contributed by atoms with Crippen LogP contribution in [-0.4, -0.2) is 17.6 Å². The lowest BCUT2D eigenvalue weighted by Crippen LogP contribution is -2.14. The monoisotopic (exact) mass is 354 g/mol. The van der Waals surface area contributed by atoms with Crippen LogP contribution >= 0.6 is 11.3 Å². The Labute approximate surface area is 151 Å². The highest BCUT2D eigenvalue weighted by atomic mass is 32.1. The second-order valence-corrected chi connectivity index (χ2v) is 7.38. The molecule has 1 heterocycles. The number of rotatable bonds is 3. The number of methoxy groups -OCH3 is 1. The number of aryl methyl sites for hydroxylation is 4. The molecule has 1 amide bonds. The van der Waals surface area contributed by atoms with Crippen molar-refractivity contribution < 1.29 is 9.53 Å². The number of benzene rings is 2. The quantitative estimate of drug-likeness (QED) is 0.717. The number of carbonyl (C=O) groups is 1. The van der Waals surface area contributed by atoms with Crippen LogP contribution < -0.4 is 9.54 Å². The Kier molecular flexibility index (Phi) is 4.77. The number of amides is 1. The minimum Gasteiger partial charge on any atom is -0.496 e. The summed E-state index contributed by atoms with van der Waals surface area (Å²) in [4.78, 5) is 17.6. The third-order valence-corrected chi connectivity index (χ3v) is 5.31. The van der Waals surface area contributed by atoms with E-state index in [2.05, 4.69) is 31.0 Å². The molecule has 4 nitrogen and oxygen atoms in total. The van der Waals surface area contributed by atoms with Gasteiger partial charge in [0.25, 0.3) is 5.91 Å². The summed E-state index contributed by atoms with van der Waals surface area (Å²) >= 11 is 1.55. The molecule has 2 aromatic carbocycles. The van der Waals surface area contributed by atoms with Crippen LogP contribution in [0, 0.1) is 20.8 Å². The number of ether oxygens (including phenoxy) is 1. The van der Waals surface area contributed by atoms with Gasteiger partial charge < -0.3 is 9.30 Å². The van der Waals surface area contributed by atoms with Crippen molar-refractivity contribution in [2.45, 2.75) is 27.2 Å². The number of hydrogen-bond acceptors (Lipinski definition) is 3. The topological polar surface area (TPSA) is 43.6 Å². The van der Waals surface area contributed by atoms with Gasteiger partial charge >= 0.3 is 0 Å². The number of nitrogens with zero attached hydrogens (tertiary/aromatic N) is 2. The molecule has 0 aliphatic rings. The average Bonchev–Trinajstić information content (AvgIpc) is 2.83. The van der Waals surface area contributed by atoms with E-state index in [1.54, 1.807) is 18.4 Å². The van der Waals surface area contributed by atoms with Crippen molar-refractivity contribution in [3.05, 3.63) is 57.4 Å². The standard InChI is InChI=1S/C20H22N2O2S/c1-12-6-7-16(24-5)15(9-12)11-18(23)21-20-22(4)19-14(3)8-13(2)10-17(19)25-20/h6-10H,11H2,1-5H3. The fourth-order valence-electron chi connectivity index (χ4n) is 3.14. The van der Waals surface area contributed by atoms with Gasteiger partial charge in [0.15, 0.2) is 4.80 Å². The second-order valence-electron chi connectivity index (χ2n) is 6.37. The molecule has 0 unspecified atom stereocenters. The first-order chi connectivity index (χ1) is 11.9. The molecule has 0 aliphatic heterocycles. The van der Waals surface area contributed by atoms with Crippen LogP contribution in [0.5, 0.6) is 5.75 Å². The zero-order valence-corrected chi connectivity index (χ0v) is 16.0. The molecule has 130 valence electrons. The Hall–Kier alpha value is -2.40. The van der Waals surface area contributed by atoms with Crippen molar-refractivity contribution in [2.75, 3.05) is 7.11 Å². The lowest BCUT2D eigenvalue weighted by Gasteiger charge is -2.07. The molecule has 0 atom stereocenters. The highest BCUT2D eigenvalue weighted by Gasteiger charge is 2.11. The van der Waals surface area contributed by atoms with Crippen LogP contribution in [0.2, 0.25) is 0 Å². The second kappa shape index (κ2) is 6.84. The third kappa shape index (κ3) is 3.51. The predicted molar refractivity (Wildman–Crippen MR) is 102 cm³/mol.